The average molecular weight is 338 g/mol. The summed E-state index contributed by atoms with van der Waals surface area (Å²) in [6.45, 7) is 6.43. The Labute approximate surface area is 150 Å². The Morgan fingerprint density at radius 1 is 1.24 bits per heavy atom. The molecule has 134 valence electrons. The lowest BCUT2D eigenvalue weighted by molar-refractivity contribution is 0.372. The van der Waals surface area contributed by atoms with Crippen LogP contribution in [0.1, 0.15) is 49.4 Å². The maximum absolute atomic E-state index is 8.48. The van der Waals surface area contributed by atoms with Crippen LogP contribution in [-0.4, -0.2) is 30.0 Å². The van der Waals surface area contributed by atoms with E-state index in [-0.39, 0.29) is 0 Å². The second-order valence-electron chi connectivity index (χ2n) is 7.56. The van der Waals surface area contributed by atoms with Crippen LogP contribution in [0.5, 0.6) is 0 Å². The first-order valence-corrected chi connectivity index (χ1v) is 9.95. The number of hydrogen-bond donors (Lipinski definition) is 3. The zero-order chi connectivity index (χ0) is 17.2. The van der Waals surface area contributed by atoms with Gasteiger partial charge in [0.25, 0.3) is 0 Å². The molecule has 0 atom stereocenters. The Bertz CT molecular complexity index is 768. The van der Waals surface area contributed by atoms with E-state index in [1.807, 2.05) is 0 Å². The lowest BCUT2D eigenvalue weighted by Crippen LogP contribution is -2.35. The summed E-state index contributed by atoms with van der Waals surface area (Å²) in [5.41, 5.74) is 5.46. The molecule has 0 saturated carbocycles. The molecule has 0 bridgehead atoms. The molecule has 1 fully saturated rings. The lowest BCUT2D eigenvalue weighted by Gasteiger charge is -2.23. The Kier molecular flexibility index (Phi) is 4.80. The summed E-state index contributed by atoms with van der Waals surface area (Å²) in [6.07, 6.45) is 7.43. The van der Waals surface area contributed by atoms with Crippen LogP contribution in [0.3, 0.4) is 0 Å². The number of fused-ring (bicyclic) bond motifs is 3. The van der Waals surface area contributed by atoms with Crippen molar-refractivity contribution in [3.05, 3.63) is 35.0 Å². The van der Waals surface area contributed by atoms with Crippen LogP contribution in [0.4, 0.5) is 0 Å². The molecule has 1 aromatic heterocycles. The molecule has 1 saturated heterocycles. The van der Waals surface area contributed by atoms with Crippen molar-refractivity contribution < 1.29 is 0 Å². The zero-order valence-electron chi connectivity index (χ0n) is 15.3. The minimum absolute atomic E-state index is 0.578. The number of aromatic nitrogens is 1. The van der Waals surface area contributed by atoms with Crippen LogP contribution in [0, 0.1) is 11.3 Å². The second kappa shape index (κ2) is 7.20. The SMILES string of the molecule is CCn1c2c(c3cc(C(=N)NCC4CCNCC4)ccc31)CCCC2. The molecule has 4 heteroatoms. The van der Waals surface area contributed by atoms with E-state index in [0.29, 0.717) is 11.8 Å². The summed E-state index contributed by atoms with van der Waals surface area (Å²) < 4.78 is 2.49. The minimum Gasteiger partial charge on any atom is -0.370 e. The summed E-state index contributed by atoms with van der Waals surface area (Å²) in [7, 11) is 0. The van der Waals surface area contributed by atoms with Crippen molar-refractivity contribution in [2.24, 2.45) is 5.92 Å². The van der Waals surface area contributed by atoms with Gasteiger partial charge in [0.05, 0.1) is 0 Å². The minimum atomic E-state index is 0.578. The molecule has 1 aliphatic heterocycles. The smallest absolute Gasteiger partial charge is 0.125 e. The fraction of sp³-hybridized carbons (Fsp3) is 0.571. The monoisotopic (exact) mass is 338 g/mol. The molecule has 1 aromatic carbocycles. The number of nitrogens with zero attached hydrogens (tertiary/aromatic N) is 1. The highest BCUT2D eigenvalue weighted by Gasteiger charge is 2.20. The number of rotatable bonds is 4. The normalized spacial score (nSPS) is 18.3. The molecule has 2 aromatic rings. The van der Waals surface area contributed by atoms with Crippen molar-refractivity contribution in [1.29, 1.82) is 5.41 Å². The van der Waals surface area contributed by atoms with E-state index in [4.69, 9.17) is 5.41 Å². The highest BCUT2D eigenvalue weighted by molar-refractivity contribution is 6.00. The number of amidine groups is 1. The number of nitrogens with one attached hydrogen (secondary N) is 3. The molecule has 25 heavy (non-hydrogen) atoms. The first-order chi connectivity index (χ1) is 12.3. The maximum Gasteiger partial charge on any atom is 0.125 e. The van der Waals surface area contributed by atoms with Crippen LogP contribution >= 0.6 is 0 Å². The van der Waals surface area contributed by atoms with Crippen molar-refractivity contribution >= 4 is 16.7 Å². The Hall–Kier alpha value is -1.81. The van der Waals surface area contributed by atoms with Crippen LogP contribution in [-0.2, 0) is 19.4 Å². The van der Waals surface area contributed by atoms with Crippen molar-refractivity contribution in [3.63, 3.8) is 0 Å². The number of hydrogen-bond acceptors (Lipinski definition) is 2. The van der Waals surface area contributed by atoms with Gasteiger partial charge < -0.3 is 15.2 Å². The van der Waals surface area contributed by atoms with Gasteiger partial charge in [-0.25, -0.2) is 0 Å². The van der Waals surface area contributed by atoms with Gasteiger partial charge in [-0.3, -0.25) is 5.41 Å². The quantitative estimate of drug-likeness (QED) is 0.591. The van der Waals surface area contributed by atoms with Crippen molar-refractivity contribution in [3.8, 4) is 0 Å². The molecule has 2 aliphatic rings. The summed E-state index contributed by atoms with van der Waals surface area (Å²) in [5.74, 6) is 1.27. The molecular formula is C21H30N4. The van der Waals surface area contributed by atoms with Gasteiger partial charge >= 0.3 is 0 Å². The van der Waals surface area contributed by atoms with E-state index < -0.39 is 0 Å². The Morgan fingerprint density at radius 2 is 2.04 bits per heavy atom. The summed E-state index contributed by atoms with van der Waals surface area (Å²) in [4.78, 5) is 0. The van der Waals surface area contributed by atoms with Crippen LogP contribution in [0.2, 0.25) is 0 Å². The van der Waals surface area contributed by atoms with Gasteiger partial charge in [-0.1, -0.05) is 0 Å². The highest BCUT2D eigenvalue weighted by atomic mass is 15.0. The molecule has 2 heterocycles. The second-order valence-corrected chi connectivity index (χ2v) is 7.56. The van der Waals surface area contributed by atoms with Crippen molar-refractivity contribution in [2.75, 3.05) is 19.6 Å². The predicted octanol–water partition coefficient (Wildman–Crippen LogP) is 3.45. The third kappa shape index (κ3) is 3.20. The van der Waals surface area contributed by atoms with E-state index in [1.165, 1.54) is 60.7 Å². The highest BCUT2D eigenvalue weighted by Crippen LogP contribution is 2.32. The van der Waals surface area contributed by atoms with Crippen LogP contribution < -0.4 is 10.6 Å². The lowest BCUT2D eigenvalue weighted by atomic mass is 9.95. The van der Waals surface area contributed by atoms with E-state index in [9.17, 15) is 0 Å². The van der Waals surface area contributed by atoms with E-state index in [0.717, 1.165) is 31.7 Å². The van der Waals surface area contributed by atoms with E-state index >= 15 is 0 Å². The Morgan fingerprint density at radius 3 is 2.84 bits per heavy atom. The third-order valence-corrected chi connectivity index (χ3v) is 6.01. The van der Waals surface area contributed by atoms with Gasteiger partial charge in [-0.15, -0.1) is 0 Å². The molecule has 0 unspecified atom stereocenters. The van der Waals surface area contributed by atoms with E-state index in [2.05, 4.69) is 40.3 Å². The molecule has 3 N–H and O–H groups in total. The summed E-state index contributed by atoms with van der Waals surface area (Å²) >= 11 is 0. The molecule has 1 aliphatic carbocycles. The average Bonchev–Trinajstić information content (AvgIpc) is 3.00. The van der Waals surface area contributed by atoms with Gasteiger partial charge in [-0.05, 0) is 88.2 Å². The van der Waals surface area contributed by atoms with Crippen LogP contribution in [0.25, 0.3) is 10.9 Å². The molecule has 0 amide bonds. The Balaban J connectivity index is 1.57. The first-order valence-electron chi connectivity index (χ1n) is 9.95. The molecule has 0 radical (unpaired) electrons. The summed E-state index contributed by atoms with van der Waals surface area (Å²) in [5, 5.41) is 16.6. The molecule has 0 spiro atoms. The predicted molar refractivity (Wildman–Crippen MR) is 105 cm³/mol. The van der Waals surface area contributed by atoms with Gasteiger partial charge in [0.2, 0.25) is 0 Å². The standard InChI is InChI=1S/C21H30N4/c1-2-25-19-6-4-3-5-17(19)18-13-16(7-8-20(18)25)21(22)24-14-15-9-11-23-12-10-15/h7-8,13,15,23H,2-6,9-12,14H2,1H3,(H2,22,24). The maximum atomic E-state index is 8.48. The van der Waals surface area contributed by atoms with Gasteiger partial charge in [-0.2, -0.15) is 0 Å². The van der Waals surface area contributed by atoms with Gasteiger partial charge in [0, 0.05) is 35.2 Å². The third-order valence-electron chi connectivity index (χ3n) is 6.01. The van der Waals surface area contributed by atoms with Crippen molar-refractivity contribution in [1.82, 2.24) is 15.2 Å². The number of aryl methyl sites for hydroxylation is 2. The van der Waals surface area contributed by atoms with Gasteiger partial charge in [0.15, 0.2) is 0 Å². The number of piperidine rings is 1. The first kappa shape index (κ1) is 16.6. The molecule has 4 rings (SSSR count). The van der Waals surface area contributed by atoms with Gasteiger partial charge in [0.1, 0.15) is 5.84 Å². The zero-order valence-corrected chi connectivity index (χ0v) is 15.3. The van der Waals surface area contributed by atoms with Crippen LogP contribution in [0.15, 0.2) is 18.2 Å². The fourth-order valence-electron chi connectivity index (χ4n) is 4.59. The molecular weight excluding hydrogens is 308 g/mol. The summed E-state index contributed by atoms with van der Waals surface area (Å²) in [6, 6.07) is 6.61. The fourth-order valence-corrected chi connectivity index (χ4v) is 4.59. The topological polar surface area (TPSA) is 52.8 Å². The molecule has 4 nitrogen and oxygen atoms in total. The van der Waals surface area contributed by atoms with E-state index in [1.54, 1.807) is 0 Å². The largest absolute Gasteiger partial charge is 0.370 e. The number of benzene rings is 1. The van der Waals surface area contributed by atoms with Crippen molar-refractivity contribution in [2.45, 2.75) is 52.0 Å².